The van der Waals surface area contributed by atoms with Crippen LogP contribution in [0, 0.1) is 0 Å². The van der Waals surface area contributed by atoms with Crippen LogP contribution in [-0.4, -0.2) is 53.4 Å². The molecule has 2 aromatic rings. The number of carbonyl (C=O) groups is 2. The smallest absolute Gasteiger partial charge is 0.258 e. The number of para-hydroxylation sites is 1. The van der Waals surface area contributed by atoms with Crippen LogP contribution in [0.3, 0.4) is 0 Å². The van der Waals surface area contributed by atoms with Crippen molar-refractivity contribution in [3.8, 4) is 0 Å². The molecule has 2 heterocycles. The summed E-state index contributed by atoms with van der Waals surface area (Å²) < 4.78 is 0. The Labute approximate surface area is 154 Å². The Balaban J connectivity index is 1.68. The summed E-state index contributed by atoms with van der Waals surface area (Å²) >= 11 is 12.1. The van der Waals surface area contributed by atoms with Gasteiger partial charge in [-0.15, -0.1) is 0 Å². The van der Waals surface area contributed by atoms with E-state index in [0.29, 0.717) is 53.4 Å². The van der Waals surface area contributed by atoms with Crippen molar-refractivity contribution in [2.24, 2.45) is 0 Å². The third-order valence-electron chi connectivity index (χ3n) is 3.85. The van der Waals surface area contributed by atoms with E-state index in [-0.39, 0.29) is 0 Å². The molecule has 1 saturated heterocycles. The summed E-state index contributed by atoms with van der Waals surface area (Å²) in [6, 6.07) is 4.98. The topological polar surface area (TPSA) is 78.4 Å². The molecule has 0 radical (unpaired) electrons. The molecule has 9 heteroatoms. The molecule has 1 aromatic carbocycles. The zero-order chi connectivity index (χ0) is 17.8. The van der Waals surface area contributed by atoms with E-state index >= 15 is 0 Å². The molecular formula is C16H15Cl2N5O2. The molecule has 1 aliphatic heterocycles. The Kier molecular flexibility index (Phi) is 5.35. The summed E-state index contributed by atoms with van der Waals surface area (Å²) in [6.45, 7) is 2.55. The van der Waals surface area contributed by atoms with Crippen LogP contribution < -0.4 is 10.2 Å². The number of nitrogens with one attached hydrogen (secondary N) is 1. The minimum absolute atomic E-state index is 0.297. The molecule has 130 valence electrons. The van der Waals surface area contributed by atoms with Crippen molar-refractivity contribution in [3.63, 3.8) is 0 Å². The molecule has 25 heavy (non-hydrogen) atoms. The molecule has 0 unspecified atom stereocenters. The van der Waals surface area contributed by atoms with Gasteiger partial charge >= 0.3 is 0 Å². The Morgan fingerprint density at radius 3 is 2.24 bits per heavy atom. The van der Waals surface area contributed by atoms with Gasteiger partial charge in [0.1, 0.15) is 0 Å². The lowest BCUT2D eigenvalue weighted by Crippen LogP contribution is -2.46. The lowest BCUT2D eigenvalue weighted by atomic mass is 10.2. The highest BCUT2D eigenvalue weighted by Crippen LogP contribution is 2.30. The molecular weight excluding hydrogens is 365 g/mol. The number of nitrogens with zero attached hydrogens (tertiary/aromatic N) is 4. The molecule has 1 aliphatic rings. The molecule has 1 aromatic heterocycles. The Morgan fingerprint density at radius 2 is 1.68 bits per heavy atom. The number of amides is 2. The number of hydrogen-bond donors (Lipinski definition) is 1. The fourth-order valence-corrected chi connectivity index (χ4v) is 2.92. The highest BCUT2D eigenvalue weighted by Gasteiger charge is 2.18. The van der Waals surface area contributed by atoms with Crippen molar-refractivity contribution < 1.29 is 9.59 Å². The van der Waals surface area contributed by atoms with E-state index in [2.05, 4.69) is 15.3 Å². The number of anilines is 2. The fraction of sp³-hybridized carbons (Fsp3) is 0.250. The van der Waals surface area contributed by atoms with Gasteiger partial charge in [-0.3, -0.25) is 9.59 Å². The van der Waals surface area contributed by atoms with Crippen molar-refractivity contribution in [3.05, 3.63) is 46.2 Å². The maximum Gasteiger partial charge on any atom is 0.258 e. The lowest BCUT2D eigenvalue weighted by molar-refractivity contribution is -0.118. The van der Waals surface area contributed by atoms with E-state index in [1.54, 1.807) is 23.1 Å². The standard InChI is InChI=1S/C16H15Cl2N5O2/c17-12-2-1-3-13(18)14(12)21-15(25)11-8-19-16(20-9-11)23-6-4-22(10-24)5-7-23/h1-3,8-10H,4-7H2,(H,21,25). The highest BCUT2D eigenvalue weighted by molar-refractivity contribution is 6.40. The Hall–Kier alpha value is -2.38. The van der Waals surface area contributed by atoms with Gasteiger partial charge in [-0.2, -0.15) is 0 Å². The van der Waals surface area contributed by atoms with E-state index in [1.807, 2.05) is 4.90 Å². The first-order valence-corrected chi connectivity index (χ1v) is 8.36. The number of carbonyl (C=O) groups excluding carboxylic acids is 2. The van der Waals surface area contributed by atoms with Crippen LogP contribution in [0.1, 0.15) is 10.4 Å². The number of rotatable bonds is 4. The van der Waals surface area contributed by atoms with E-state index < -0.39 is 5.91 Å². The van der Waals surface area contributed by atoms with Crippen LogP contribution in [0.15, 0.2) is 30.6 Å². The predicted octanol–water partition coefficient (Wildman–Crippen LogP) is 2.31. The summed E-state index contributed by atoms with van der Waals surface area (Å²) in [4.78, 5) is 35.2. The summed E-state index contributed by atoms with van der Waals surface area (Å²) in [7, 11) is 0. The zero-order valence-corrected chi connectivity index (χ0v) is 14.7. The monoisotopic (exact) mass is 379 g/mol. The molecule has 1 N–H and O–H groups in total. The second-order valence-electron chi connectivity index (χ2n) is 5.45. The average Bonchev–Trinajstić information content (AvgIpc) is 2.65. The normalized spacial score (nSPS) is 14.3. The van der Waals surface area contributed by atoms with Crippen LogP contribution in [0.5, 0.6) is 0 Å². The maximum absolute atomic E-state index is 12.3. The predicted molar refractivity (Wildman–Crippen MR) is 96.3 cm³/mol. The van der Waals surface area contributed by atoms with E-state index in [9.17, 15) is 9.59 Å². The maximum atomic E-state index is 12.3. The number of piperazine rings is 1. The molecule has 7 nitrogen and oxygen atoms in total. The summed E-state index contributed by atoms with van der Waals surface area (Å²) in [5.41, 5.74) is 0.649. The summed E-state index contributed by atoms with van der Waals surface area (Å²) in [5.74, 6) is 0.130. The van der Waals surface area contributed by atoms with Crippen LogP contribution in [-0.2, 0) is 4.79 Å². The summed E-state index contributed by atoms with van der Waals surface area (Å²) in [6.07, 6.45) is 3.74. The third-order valence-corrected chi connectivity index (χ3v) is 4.48. The van der Waals surface area contributed by atoms with Crippen molar-refractivity contribution in [2.45, 2.75) is 0 Å². The minimum Gasteiger partial charge on any atom is -0.342 e. The number of benzene rings is 1. The Morgan fingerprint density at radius 1 is 1.08 bits per heavy atom. The molecule has 1 fully saturated rings. The lowest BCUT2D eigenvalue weighted by Gasteiger charge is -2.32. The zero-order valence-electron chi connectivity index (χ0n) is 13.2. The first-order chi connectivity index (χ1) is 12.1. The van der Waals surface area contributed by atoms with Gasteiger partial charge in [0, 0.05) is 38.6 Å². The average molecular weight is 380 g/mol. The van der Waals surface area contributed by atoms with Crippen LogP contribution in [0.2, 0.25) is 10.0 Å². The van der Waals surface area contributed by atoms with Crippen LogP contribution in [0.25, 0.3) is 0 Å². The number of hydrogen-bond acceptors (Lipinski definition) is 5. The van der Waals surface area contributed by atoms with Gasteiger partial charge in [0.2, 0.25) is 12.4 Å². The SMILES string of the molecule is O=CN1CCN(c2ncc(C(=O)Nc3c(Cl)cccc3Cl)cn2)CC1. The molecule has 3 rings (SSSR count). The number of aromatic nitrogens is 2. The second-order valence-corrected chi connectivity index (χ2v) is 6.27. The number of halogens is 2. The molecule has 2 amide bonds. The summed E-state index contributed by atoms with van der Waals surface area (Å²) in [5, 5.41) is 3.37. The van der Waals surface area contributed by atoms with Crippen LogP contribution in [0.4, 0.5) is 11.6 Å². The first-order valence-electron chi connectivity index (χ1n) is 7.60. The van der Waals surface area contributed by atoms with Gasteiger partial charge in [-0.1, -0.05) is 29.3 Å². The van der Waals surface area contributed by atoms with E-state index in [4.69, 9.17) is 23.2 Å². The van der Waals surface area contributed by atoms with Crippen molar-refractivity contribution in [1.82, 2.24) is 14.9 Å². The van der Waals surface area contributed by atoms with Crippen molar-refractivity contribution in [1.29, 1.82) is 0 Å². The largest absolute Gasteiger partial charge is 0.342 e. The first kappa shape index (κ1) is 17.4. The Bertz CT molecular complexity index is 756. The quantitative estimate of drug-likeness (QED) is 0.824. The third kappa shape index (κ3) is 4.00. The second kappa shape index (κ2) is 7.67. The molecule has 0 saturated carbocycles. The van der Waals surface area contributed by atoms with E-state index in [1.165, 1.54) is 12.4 Å². The molecule has 0 atom stereocenters. The van der Waals surface area contributed by atoms with Gasteiger partial charge < -0.3 is 15.1 Å². The van der Waals surface area contributed by atoms with Gasteiger partial charge in [0.15, 0.2) is 0 Å². The van der Waals surface area contributed by atoms with Crippen molar-refractivity contribution >= 4 is 47.2 Å². The fourth-order valence-electron chi connectivity index (χ4n) is 2.43. The van der Waals surface area contributed by atoms with E-state index in [0.717, 1.165) is 6.41 Å². The van der Waals surface area contributed by atoms with Crippen LogP contribution >= 0.6 is 23.2 Å². The molecule has 0 bridgehead atoms. The van der Waals surface area contributed by atoms with Gasteiger partial charge in [0.25, 0.3) is 5.91 Å². The van der Waals surface area contributed by atoms with Gasteiger partial charge in [-0.05, 0) is 12.1 Å². The minimum atomic E-state index is -0.396. The molecule has 0 spiro atoms. The van der Waals surface area contributed by atoms with Crippen molar-refractivity contribution in [2.75, 3.05) is 36.4 Å². The van der Waals surface area contributed by atoms with Gasteiger partial charge in [-0.25, -0.2) is 9.97 Å². The van der Waals surface area contributed by atoms with Gasteiger partial charge in [0.05, 0.1) is 21.3 Å². The highest BCUT2D eigenvalue weighted by atomic mass is 35.5. The molecule has 0 aliphatic carbocycles.